The van der Waals surface area contributed by atoms with Crippen molar-refractivity contribution < 1.29 is 23.1 Å². The van der Waals surface area contributed by atoms with Gasteiger partial charge in [-0.1, -0.05) is 65.8 Å². The first-order chi connectivity index (χ1) is 22.0. The van der Waals surface area contributed by atoms with Gasteiger partial charge in [0.1, 0.15) is 23.0 Å². The fraction of sp³-hybridized carbons (Fsp3) is 0.543. The lowest BCUT2D eigenvalue weighted by Crippen LogP contribution is -2.47. The first kappa shape index (κ1) is 35.8. The van der Waals surface area contributed by atoms with Gasteiger partial charge in [0.25, 0.3) is 11.8 Å². The highest BCUT2D eigenvalue weighted by molar-refractivity contribution is 6.46. The number of nitrogens with zero attached hydrogens (tertiary/aromatic N) is 5. The minimum Gasteiger partial charge on any atom is -0.381 e. The molecule has 3 atom stereocenters. The lowest BCUT2D eigenvalue weighted by Gasteiger charge is -2.41. The number of hydrogen-bond acceptors (Lipinski definition) is 7. The maximum absolute atomic E-state index is 14.4. The van der Waals surface area contributed by atoms with Crippen LogP contribution in [0.5, 0.6) is 0 Å². The number of carbonyl (C=O) groups is 2. The SMILES string of the molecule is CC(CCC1(C)N=C(c2cc(F)cc(F)c2)C(=O)N1[C@H](CCOCC(C)(C)C)c1ccc(C(=O)NCc2nn[nH]n2)cc1)C(C)(C)C. The molecule has 2 amide bonds. The Morgan fingerprint density at radius 1 is 1.04 bits per heavy atom. The van der Waals surface area contributed by atoms with Crippen LogP contribution in [0.1, 0.15) is 108 Å². The molecule has 0 fully saturated rings. The standard InChI is InChI=1S/C35H47F2N7O3/c1-22(34(5,6)7)13-15-35(8)39-30(25-17-26(36)19-27(37)18-25)32(46)44(35)28(14-16-47-21-33(2,3)4)23-9-11-24(12-10-23)31(45)38-20-29-40-42-43-41-29/h9-12,17-19,22,28H,13-16,20-21H2,1-8H3,(H,38,45)(H,40,41,42,43)/t22?,28-,35?/m1/s1. The van der Waals surface area contributed by atoms with E-state index in [0.29, 0.717) is 43.4 Å². The molecule has 10 nitrogen and oxygen atoms in total. The van der Waals surface area contributed by atoms with Gasteiger partial charge >= 0.3 is 0 Å². The molecule has 2 N–H and O–H groups in total. The summed E-state index contributed by atoms with van der Waals surface area (Å²) in [5.74, 6) is -1.63. The van der Waals surface area contributed by atoms with Crippen molar-refractivity contribution in [2.24, 2.45) is 21.7 Å². The maximum Gasteiger partial charge on any atom is 0.275 e. The minimum absolute atomic E-state index is 0.0207. The van der Waals surface area contributed by atoms with Crippen molar-refractivity contribution >= 4 is 17.5 Å². The van der Waals surface area contributed by atoms with Gasteiger partial charge in [0.05, 0.1) is 19.2 Å². The molecule has 0 aliphatic carbocycles. The smallest absolute Gasteiger partial charge is 0.275 e. The number of aliphatic imine (C=N–C) groups is 1. The van der Waals surface area contributed by atoms with Crippen LogP contribution in [0, 0.1) is 28.4 Å². The Morgan fingerprint density at radius 2 is 1.70 bits per heavy atom. The van der Waals surface area contributed by atoms with Crippen LogP contribution in [-0.2, 0) is 16.1 Å². The van der Waals surface area contributed by atoms with Gasteiger partial charge in [0.2, 0.25) is 0 Å². The van der Waals surface area contributed by atoms with Crippen molar-refractivity contribution in [3.05, 3.63) is 76.6 Å². The number of aromatic amines is 1. The second-order valence-electron chi connectivity index (χ2n) is 14.9. The fourth-order valence-electron chi connectivity index (χ4n) is 5.52. The van der Waals surface area contributed by atoms with E-state index in [-0.39, 0.29) is 34.6 Å². The number of aromatic nitrogens is 4. The molecule has 12 heteroatoms. The largest absolute Gasteiger partial charge is 0.381 e. The molecule has 1 aliphatic rings. The zero-order valence-electron chi connectivity index (χ0n) is 28.7. The average molecular weight is 652 g/mol. The normalized spacial score (nSPS) is 18.3. The van der Waals surface area contributed by atoms with E-state index < -0.39 is 29.2 Å². The Labute approximate surface area is 275 Å². The topological polar surface area (TPSA) is 125 Å². The van der Waals surface area contributed by atoms with Gasteiger partial charge in [0.15, 0.2) is 5.82 Å². The predicted molar refractivity (Wildman–Crippen MR) is 175 cm³/mol. The molecule has 1 aliphatic heterocycles. The summed E-state index contributed by atoms with van der Waals surface area (Å²) in [5.41, 5.74) is 0.289. The quantitative estimate of drug-likeness (QED) is 0.206. The van der Waals surface area contributed by atoms with Crippen molar-refractivity contribution in [1.82, 2.24) is 30.8 Å². The van der Waals surface area contributed by atoms with Gasteiger partial charge in [0, 0.05) is 23.8 Å². The molecule has 1 aromatic heterocycles. The summed E-state index contributed by atoms with van der Waals surface area (Å²) in [4.78, 5) is 33.9. The number of rotatable bonds is 13. The highest BCUT2D eigenvalue weighted by Crippen LogP contribution is 2.42. The second kappa shape index (κ2) is 14.4. The number of H-pyrrole nitrogens is 1. The first-order valence-corrected chi connectivity index (χ1v) is 16.0. The van der Waals surface area contributed by atoms with E-state index in [1.54, 1.807) is 17.0 Å². The molecule has 3 aromatic rings. The van der Waals surface area contributed by atoms with Gasteiger partial charge in [-0.05, 0) is 72.8 Å². The van der Waals surface area contributed by atoms with Crippen molar-refractivity contribution in [2.75, 3.05) is 13.2 Å². The van der Waals surface area contributed by atoms with Crippen LogP contribution in [0.4, 0.5) is 8.78 Å². The van der Waals surface area contributed by atoms with E-state index in [1.165, 1.54) is 0 Å². The van der Waals surface area contributed by atoms with Crippen LogP contribution in [0.3, 0.4) is 0 Å². The molecule has 0 radical (unpaired) electrons. The monoisotopic (exact) mass is 651 g/mol. The molecule has 4 rings (SSSR count). The average Bonchev–Trinajstić information content (AvgIpc) is 3.60. The van der Waals surface area contributed by atoms with Crippen LogP contribution in [0.2, 0.25) is 0 Å². The Kier molecular flexibility index (Phi) is 10.9. The number of benzene rings is 2. The van der Waals surface area contributed by atoms with E-state index in [1.807, 2.05) is 19.1 Å². The van der Waals surface area contributed by atoms with Crippen LogP contribution >= 0.6 is 0 Å². The molecule has 254 valence electrons. The van der Waals surface area contributed by atoms with Crippen LogP contribution in [0.15, 0.2) is 47.5 Å². The molecule has 2 heterocycles. The molecule has 2 unspecified atom stereocenters. The number of hydrogen-bond donors (Lipinski definition) is 2. The van der Waals surface area contributed by atoms with Crippen LogP contribution in [-0.4, -0.2) is 61.9 Å². The molecule has 47 heavy (non-hydrogen) atoms. The number of carbonyl (C=O) groups excluding carboxylic acids is 2. The van der Waals surface area contributed by atoms with E-state index in [0.717, 1.165) is 30.2 Å². The van der Waals surface area contributed by atoms with Gasteiger partial charge in [-0.25, -0.2) is 8.78 Å². The summed E-state index contributed by atoms with van der Waals surface area (Å²) in [7, 11) is 0. The van der Waals surface area contributed by atoms with Crippen molar-refractivity contribution in [1.29, 1.82) is 0 Å². The summed E-state index contributed by atoms with van der Waals surface area (Å²) >= 11 is 0. The summed E-state index contributed by atoms with van der Waals surface area (Å²) in [6, 6.07) is 9.61. The van der Waals surface area contributed by atoms with E-state index in [4.69, 9.17) is 9.73 Å². The molecule has 0 saturated carbocycles. The molecule has 0 bridgehead atoms. The van der Waals surface area contributed by atoms with Gasteiger partial charge in [-0.15, -0.1) is 10.2 Å². The van der Waals surface area contributed by atoms with Gasteiger partial charge < -0.3 is 15.0 Å². The van der Waals surface area contributed by atoms with Crippen LogP contribution in [0.25, 0.3) is 0 Å². The third-order valence-corrected chi connectivity index (χ3v) is 8.69. The Balaban J connectivity index is 1.70. The number of tetrazole rings is 1. The summed E-state index contributed by atoms with van der Waals surface area (Å²) in [6.45, 7) is 17.9. The van der Waals surface area contributed by atoms with Crippen molar-refractivity contribution in [3.8, 4) is 0 Å². The first-order valence-electron chi connectivity index (χ1n) is 16.0. The zero-order valence-corrected chi connectivity index (χ0v) is 28.7. The van der Waals surface area contributed by atoms with E-state index in [2.05, 4.69) is 74.4 Å². The van der Waals surface area contributed by atoms with Crippen molar-refractivity contribution in [2.45, 2.75) is 92.9 Å². The maximum atomic E-state index is 14.4. The lowest BCUT2D eigenvalue weighted by molar-refractivity contribution is -0.131. The summed E-state index contributed by atoms with van der Waals surface area (Å²) in [6.07, 6.45) is 1.75. The highest BCUT2D eigenvalue weighted by atomic mass is 19.1. The third kappa shape index (κ3) is 9.27. The molecular formula is C35H47F2N7O3. The Morgan fingerprint density at radius 3 is 2.28 bits per heavy atom. The summed E-state index contributed by atoms with van der Waals surface area (Å²) < 4.78 is 34.8. The molecule has 2 aromatic carbocycles. The molecular weight excluding hydrogens is 604 g/mol. The van der Waals surface area contributed by atoms with E-state index in [9.17, 15) is 18.4 Å². The van der Waals surface area contributed by atoms with Crippen molar-refractivity contribution in [3.63, 3.8) is 0 Å². The molecule has 0 spiro atoms. The van der Waals surface area contributed by atoms with Gasteiger partial charge in [-0.2, -0.15) is 5.21 Å². The zero-order chi connectivity index (χ0) is 34.6. The minimum atomic E-state index is -1.01. The number of amides is 2. The number of halogens is 2. The van der Waals surface area contributed by atoms with E-state index >= 15 is 0 Å². The second-order valence-corrected chi connectivity index (χ2v) is 14.9. The lowest BCUT2D eigenvalue weighted by atomic mass is 9.78. The van der Waals surface area contributed by atoms with Crippen LogP contribution < -0.4 is 5.32 Å². The Bertz CT molecular complexity index is 1540. The molecule has 0 saturated heterocycles. The summed E-state index contributed by atoms with van der Waals surface area (Å²) in [5, 5.41) is 16.3. The number of ether oxygens (including phenoxy) is 1. The fourth-order valence-corrected chi connectivity index (χ4v) is 5.52. The predicted octanol–water partition coefficient (Wildman–Crippen LogP) is 6.41. The highest BCUT2D eigenvalue weighted by Gasteiger charge is 2.48. The Hall–Kier alpha value is -4.06. The number of nitrogens with one attached hydrogen (secondary N) is 2. The van der Waals surface area contributed by atoms with Gasteiger partial charge in [-0.3, -0.25) is 14.6 Å². The third-order valence-electron chi connectivity index (χ3n) is 8.69.